The summed E-state index contributed by atoms with van der Waals surface area (Å²) in [7, 11) is 0. The van der Waals surface area contributed by atoms with Gasteiger partial charge in [0.25, 0.3) is 0 Å². The number of aromatic nitrogens is 1. The van der Waals surface area contributed by atoms with E-state index in [9.17, 15) is 0 Å². The van der Waals surface area contributed by atoms with Gasteiger partial charge in [-0.15, -0.1) is 11.6 Å². The third kappa shape index (κ3) is 2.25. The Hall–Kier alpha value is -0.470. The van der Waals surface area contributed by atoms with E-state index in [-0.39, 0.29) is 16.9 Å². The number of halogens is 2. The van der Waals surface area contributed by atoms with E-state index in [1.54, 1.807) is 18.5 Å². The average Bonchev–Trinajstić information content (AvgIpc) is 2.30. The van der Waals surface area contributed by atoms with Crippen LogP contribution < -0.4 is 4.74 Å². The Morgan fingerprint density at radius 3 is 2.65 bits per heavy atom. The van der Waals surface area contributed by atoms with Gasteiger partial charge < -0.3 is 4.74 Å². The fraction of sp³-hybridized carbons (Fsp3) is 0.615. The van der Waals surface area contributed by atoms with Gasteiger partial charge in [-0.3, -0.25) is 4.98 Å². The third-order valence-electron chi connectivity index (χ3n) is 3.96. The predicted molar refractivity (Wildman–Crippen MR) is 70.9 cm³/mol. The first-order chi connectivity index (χ1) is 8.12. The number of hydrogen-bond donors (Lipinski definition) is 0. The monoisotopic (exact) mass is 273 g/mol. The molecule has 0 aliphatic heterocycles. The number of ether oxygens (including phenoxy) is 1. The molecule has 2 rings (SSSR count). The van der Waals surface area contributed by atoms with Gasteiger partial charge >= 0.3 is 0 Å². The standard InChI is InChI=1S/C13H17Cl2NO/c1-3-13(4-2)11(15)6-12(13)17-10-5-9(14)7-16-8-10/h5,7-8,11-12H,3-4,6H2,1-2H3. The Morgan fingerprint density at radius 2 is 2.12 bits per heavy atom. The van der Waals surface area contributed by atoms with E-state index in [0.717, 1.165) is 25.0 Å². The summed E-state index contributed by atoms with van der Waals surface area (Å²) in [6.07, 6.45) is 6.46. The Kier molecular flexibility index (Phi) is 3.84. The summed E-state index contributed by atoms with van der Waals surface area (Å²) in [6.45, 7) is 4.34. The topological polar surface area (TPSA) is 22.1 Å². The second-order valence-corrected chi connectivity index (χ2v) is 5.55. The molecule has 1 aliphatic carbocycles. The van der Waals surface area contributed by atoms with Gasteiger partial charge in [-0.05, 0) is 12.8 Å². The molecule has 0 bridgehead atoms. The Bertz CT molecular complexity index is 393. The van der Waals surface area contributed by atoms with Gasteiger partial charge in [0.15, 0.2) is 0 Å². The molecule has 0 spiro atoms. The number of alkyl halides is 1. The zero-order valence-electron chi connectivity index (χ0n) is 10.1. The van der Waals surface area contributed by atoms with E-state index < -0.39 is 0 Å². The molecule has 0 amide bonds. The highest BCUT2D eigenvalue weighted by Crippen LogP contribution is 2.51. The van der Waals surface area contributed by atoms with Gasteiger partial charge in [-0.2, -0.15) is 0 Å². The molecule has 0 saturated heterocycles. The van der Waals surface area contributed by atoms with Crippen molar-refractivity contribution in [2.75, 3.05) is 0 Å². The molecule has 0 radical (unpaired) electrons. The van der Waals surface area contributed by atoms with Crippen LogP contribution in [-0.4, -0.2) is 16.5 Å². The smallest absolute Gasteiger partial charge is 0.139 e. The van der Waals surface area contributed by atoms with Crippen LogP contribution in [0.5, 0.6) is 5.75 Å². The zero-order chi connectivity index (χ0) is 12.5. The first kappa shape index (κ1) is 13.0. The maximum Gasteiger partial charge on any atom is 0.139 e. The summed E-state index contributed by atoms with van der Waals surface area (Å²) < 4.78 is 5.97. The molecule has 0 N–H and O–H groups in total. The van der Waals surface area contributed by atoms with Crippen molar-refractivity contribution >= 4 is 23.2 Å². The van der Waals surface area contributed by atoms with E-state index in [4.69, 9.17) is 27.9 Å². The van der Waals surface area contributed by atoms with Crippen LogP contribution in [0, 0.1) is 5.41 Å². The third-order valence-corrected chi connectivity index (χ3v) is 4.78. The largest absolute Gasteiger partial charge is 0.488 e. The molecule has 4 heteroatoms. The molecule has 1 aromatic heterocycles. The predicted octanol–water partition coefficient (Wildman–Crippen LogP) is 4.30. The molecule has 1 aliphatic rings. The highest BCUT2D eigenvalue weighted by Gasteiger charge is 2.53. The summed E-state index contributed by atoms with van der Waals surface area (Å²) in [5.74, 6) is 0.734. The first-order valence-electron chi connectivity index (χ1n) is 6.03. The maximum atomic E-state index is 6.34. The summed E-state index contributed by atoms with van der Waals surface area (Å²) in [6, 6.07) is 1.80. The number of pyridine rings is 1. The quantitative estimate of drug-likeness (QED) is 0.764. The highest BCUT2D eigenvalue weighted by atomic mass is 35.5. The lowest BCUT2D eigenvalue weighted by atomic mass is 9.62. The summed E-state index contributed by atoms with van der Waals surface area (Å²) in [4.78, 5) is 4.02. The van der Waals surface area contributed by atoms with Gasteiger partial charge in [0, 0.05) is 29.5 Å². The molecular weight excluding hydrogens is 257 g/mol. The summed E-state index contributed by atoms with van der Waals surface area (Å²) in [5, 5.41) is 0.817. The molecule has 0 aromatic carbocycles. The Labute approximate surface area is 112 Å². The Balaban J connectivity index is 2.10. The SMILES string of the molecule is CCC1(CC)C(Cl)CC1Oc1cncc(Cl)c1. The number of hydrogen-bond acceptors (Lipinski definition) is 2. The lowest BCUT2D eigenvalue weighted by Gasteiger charge is -2.52. The molecule has 2 nitrogen and oxygen atoms in total. The minimum absolute atomic E-state index is 0.101. The van der Waals surface area contributed by atoms with Crippen LogP contribution in [0.2, 0.25) is 5.02 Å². The first-order valence-corrected chi connectivity index (χ1v) is 6.85. The van der Waals surface area contributed by atoms with Crippen LogP contribution in [0.1, 0.15) is 33.1 Å². The normalized spacial score (nSPS) is 26.4. The molecule has 1 heterocycles. The minimum atomic E-state index is 0.101. The van der Waals surface area contributed by atoms with E-state index in [1.165, 1.54) is 0 Å². The fourth-order valence-corrected chi connectivity index (χ4v) is 3.41. The van der Waals surface area contributed by atoms with Gasteiger partial charge in [0.2, 0.25) is 0 Å². The van der Waals surface area contributed by atoms with Crippen molar-refractivity contribution in [1.82, 2.24) is 4.98 Å². The summed E-state index contributed by atoms with van der Waals surface area (Å²) in [5.41, 5.74) is 0.101. The molecule has 1 saturated carbocycles. The molecule has 2 atom stereocenters. The average molecular weight is 274 g/mol. The molecule has 94 valence electrons. The summed E-state index contributed by atoms with van der Waals surface area (Å²) >= 11 is 12.2. The van der Waals surface area contributed by atoms with Crippen LogP contribution in [0.25, 0.3) is 0 Å². The van der Waals surface area contributed by atoms with Crippen LogP contribution in [0.4, 0.5) is 0 Å². The van der Waals surface area contributed by atoms with Crippen LogP contribution in [0.3, 0.4) is 0 Å². The lowest BCUT2D eigenvalue weighted by Crippen LogP contribution is -2.56. The fourth-order valence-electron chi connectivity index (χ4n) is 2.63. The molecule has 17 heavy (non-hydrogen) atoms. The Morgan fingerprint density at radius 1 is 1.41 bits per heavy atom. The number of nitrogens with zero attached hydrogens (tertiary/aromatic N) is 1. The van der Waals surface area contributed by atoms with Gasteiger partial charge in [-0.1, -0.05) is 25.4 Å². The highest BCUT2D eigenvalue weighted by molar-refractivity contribution is 6.30. The zero-order valence-corrected chi connectivity index (χ0v) is 11.6. The van der Waals surface area contributed by atoms with Crippen molar-refractivity contribution in [3.05, 3.63) is 23.5 Å². The molecular formula is C13H17Cl2NO. The van der Waals surface area contributed by atoms with Crippen LogP contribution >= 0.6 is 23.2 Å². The van der Waals surface area contributed by atoms with Crippen molar-refractivity contribution in [1.29, 1.82) is 0 Å². The van der Waals surface area contributed by atoms with Gasteiger partial charge in [0.1, 0.15) is 11.9 Å². The van der Waals surface area contributed by atoms with Crippen LogP contribution in [-0.2, 0) is 0 Å². The van der Waals surface area contributed by atoms with E-state index in [2.05, 4.69) is 18.8 Å². The minimum Gasteiger partial charge on any atom is -0.488 e. The van der Waals surface area contributed by atoms with Crippen molar-refractivity contribution in [2.45, 2.75) is 44.6 Å². The second-order valence-electron chi connectivity index (χ2n) is 4.59. The number of rotatable bonds is 4. The van der Waals surface area contributed by atoms with E-state index in [1.807, 2.05) is 0 Å². The van der Waals surface area contributed by atoms with Crippen molar-refractivity contribution < 1.29 is 4.74 Å². The van der Waals surface area contributed by atoms with E-state index >= 15 is 0 Å². The van der Waals surface area contributed by atoms with Gasteiger partial charge in [-0.25, -0.2) is 0 Å². The van der Waals surface area contributed by atoms with Crippen molar-refractivity contribution in [3.63, 3.8) is 0 Å². The van der Waals surface area contributed by atoms with Crippen LogP contribution in [0.15, 0.2) is 18.5 Å². The van der Waals surface area contributed by atoms with Gasteiger partial charge in [0.05, 0.1) is 11.2 Å². The van der Waals surface area contributed by atoms with Crippen molar-refractivity contribution in [3.8, 4) is 5.75 Å². The lowest BCUT2D eigenvalue weighted by molar-refractivity contribution is -0.0463. The van der Waals surface area contributed by atoms with E-state index in [0.29, 0.717) is 5.02 Å². The maximum absolute atomic E-state index is 6.34. The molecule has 1 fully saturated rings. The van der Waals surface area contributed by atoms with Crippen molar-refractivity contribution in [2.24, 2.45) is 5.41 Å². The second kappa shape index (κ2) is 5.03. The molecule has 1 aromatic rings. The molecule has 2 unspecified atom stereocenters.